The molecule has 3 rings (SSSR count). The zero-order valence-corrected chi connectivity index (χ0v) is 17.6. The molecule has 1 aliphatic heterocycles. The van der Waals surface area contributed by atoms with E-state index in [0.717, 1.165) is 0 Å². The molecule has 1 unspecified atom stereocenters. The SMILES string of the molecule is COC(=O)c1ccc(C2CN(C(/C=C(\N)c3ccccc3O)=C(N)N)CCC2(F)F)cc1. The van der Waals surface area contributed by atoms with E-state index in [9.17, 15) is 18.7 Å². The van der Waals surface area contributed by atoms with E-state index in [-0.39, 0.29) is 35.9 Å². The number of methoxy groups -OCH3 is 1. The van der Waals surface area contributed by atoms with Gasteiger partial charge in [0.2, 0.25) is 0 Å². The number of carbonyl (C=O) groups excluding carboxylic acids is 1. The van der Waals surface area contributed by atoms with Crippen LogP contribution in [0.15, 0.2) is 66.1 Å². The van der Waals surface area contributed by atoms with E-state index < -0.39 is 24.2 Å². The van der Waals surface area contributed by atoms with Crippen LogP contribution in [-0.2, 0) is 4.74 Å². The van der Waals surface area contributed by atoms with Crippen molar-refractivity contribution in [1.29, 1.82) is 0 Å². The summed E-state index contributed by atoms with van der Waals surface area (Å²) in [7, 11) is 1.25. The van der Waals surface area contributed by atoms with Crippen LogP contribution in [0, 0.1) is 0 Å². The van der Waals surface area contributed by atoms with Crippen LogP contribution in [-0.4, -0.2) is 42.1 Å². The minimum atomic E-state index is -2.97. The number of piperidine rings is 1. The van der Waals surface area contributed by atoms with Gasteiger partial charge in [0.05, 0.1) is 24.3 Å². The Hall–Kier alpha value is -3.75. The molecule has 9 heteroatoms. The van der Waals surface area contributed by atoms with Gasteiger partial charge in [-0.25, -0.2) is 13.6 Å². The molecular formula is C23H26F2N4O3. The first-order chi connectivity index (χ1) is 15.1. The van der Waals surface area contributed by atoms with Crippen LogP contribution in [0.1, 0.15) is 33.8 Å². The Morgan fingerprint density at radius 3 is 2.41 bits per heavy atom. The Morgan fingerprint density at radius 2 is 1.81 bits per heavy atom. The normalized spacial score (nSPS) is 18.2. The van der Waals surface area contributed by atoms with Crippen LogP contribution < -0.4 is 17.2 Å². The Labute approximate surface area is 184 Å². The maximum Gasteiger partial charge on any atom is 0.337 e. The van der Waals surface area contributed by atoms with Gasteiger partial charge in [-0.15, -0.1) is 0 Å². The fraction of sp³-hybridized carbons (Fsp3) is 0.261. The van der Waals surface area contributed by atoms with Crippen LogP contribution in [0.5, 0.6) is 5.75 Å². The molecule has 0 spiro atoms. The number of esters is 1. The number of benzene rings is 2. The number of phenolic OH excluding ortho intramolecular Hbond substituents is 1. The number of rotatable bonds is 5. The summed E-state index contributed by atoms with van der Waals surface area (Å²) in [5, 5.41) is 10.0. The van der Waals surface area contributed by atoms with Gasteiger partial charge in [-0.05, 0) is 35.9 Å². The standard InChI is InChI=1S/C23H26F2N4O3/c1-32-22(31)15-8-6-14(7-9-15)17-13-29(11-10-23(17,24)25)19(21(27)28)12-18(26)16-4-2-3-5-20(16)30/h2-9,12,17,30H,10-11,13,26-28H2,1H3/b18-12-. The van der Waals surface area contributed by atoms with Crippen molar-refractivity contribution >= 4 is 11.7 Å². The van der Waals surface area contributed by atoms with Crippen LogP contribution in [0.3, 0.4) is 0 Å². The predicted molar refractivity (Wildman–Crippen MR) is 117 cm³/mol. The van der Waals surface area contributed by atoms with Crippen molar-refractivity contribution in [2.45, 2.75) is 18.3 Å². The number of hydrogen-bond donors (Lipinski definition) is 4. The van der Waals surface area contributed by atoms with E-state index in [0.29, 0.717) is 16.8 Å². The quantitative estimate of drug-likeness (QED) is 0.412. The van der Waals surface area contributed by atoms with E-state index in [1.54, 1.807) is 23.1 Å². The number of phenols is 1. The first-order valence-electron chi connectivity index (χ1n) is 9.96. The van der Waals surface area contributed by atoms with E-state index in [4.69, 9.17) is 17.2 Å². The number of likely N-dealkylation sites (tertiary alicyclic amines) is 1. The Morgan fingerprint density at radius 1 is 1.16 bits per heavy atom. The lowest BCUT2D eigenvalue weighted by Crippen LogP contribution is -2.46. The molecule has 7 nitrogen and oxygen atoms in total. The lowest BCUT2D eigenvalue weighted by atomic mass is 9.86. The summed E-state index contributed by atoms with van der Waals surface area (Å²) in [5.74, 6) is -4.76. The number of para-hydroxylation sites is 1. The molecule has 0 bridgehead atoms. The smallest absolute Gasteiger partial charge is 0.337 e. The van der Waals surface area contributed by atoms with Crippen molar-refractivity contribution in [2.24, 2.45) is 17.2 Å². The number of halogens is 2. The van der Waals surface area contributed by atoms with Crippen molar-refractivity contribution in [3.8, 4) is 5.75 Å². The van der Waals surface area contributed by atoms with E-state index in [1.165, 1.54) is 43.5 Å². The van der Waals surface area contributed by atoms with Crippen molar-refractivity contribution in [3.05, 3.63) is 82.8 Å². The highest BCUT2D eigenvalue weighted by molar-refractivity contribution is 5.89. The third-order valence-corrected chi connectivity index (χ3v) is 5.51. The molecule has 1 saturated heterocycles. The summed E-state index contributed by atoms with van der Waals surface area (Å²) >= 11 is 0. The molecule has 7 N–H and O–H groups in total. The lowest BCUT2D eigenvalue weighted by molar-refractivity contribution is -0.0693. The Kier molecular flexibility index (Phi) is 6.57. The second-order valence-corrected chi connectivity index (χ2v) is 7.58. The summed E-state index contributed by atoms with van der Waals surface area (Å²) in [6.45, 7) is -0.0517. The first-order valence-corrected chi connectivity index (χ1v) is 9.96. The maximum atomic E-state index is 14.8. The number of alkyl halides is 2. The van der Waals surface area contributed by atoms with Gasteiger partial charge in [0.25, 0.3) is 5.92 Å². The van der Waals surface area contributed by atoms with Gasteiger partial charge >= 0.3 is 5.97 Å². The van der Waals surface area contributed by atoms with E-state index in [2.05, 4.69) is 4.74 Å². The summed E-state index contributed by atoms with van der Waals surface area (Å²) < 4.78 is 34.3. The molecule has 32 heavy (non-hydrogen) atoms. The van der Waals surface area contributed by atoms with Crippen LogP contribution in [0.4, 0.5) is 8.78 Å². The first kappa shape index (κ1) is 22.9. The van der Waals surface area contributed by atoms with Crippen molar-refractivity contribution < 1.29 is 23.4 Å². The highest BCUT2D eigenvalue weighted by Gasteiger charge is 2.45. The van der Waals surface area contributed by atoms with Crippen LogP contribution >= 0.6 is 0 Å². The number of ether oxygens (including phenoxy) is 1. The molecule has 0 radical (unpaired) electrons. The third kappa shape index (κ3) is 4.77. The molecule has 2 aromatic carbocycles. The number of nitrogens with two attached hydrogens (primary N) is 3. The second kappa shape index (κ2) is 9.17. The number of allylic oxidation sites excluding steroid dienone is 1. The van der Waals surface area contributed by atoms with Gasteiger partial charge in [-0.1, -0.05) is 24.3 Å². The summed E-state index contributed by atoms with van der Waals surface area (Å²) in [4.78, 5) is 13.3. The number of nitrogens with zero attached hydrogens (tertiary/aromatic N) is 1. The Balaban J connectivity index is 1.91. The highest BCUT2D eigenvalue weighted by atomic mass is 19.3. The third-order valence-electron chi connectivity index (χ3n) is 5.51. The predicted octanol–water partition coefficient (Wildman–Crippen LogP) is 2.69. The molecule has 2 aromatic rings. The molecule has 0 amide bonds. The van der Waals surface area contributed by atoms with Gasteiger partial charge in [-0.3, -0.25) is 0 Å². The minimum absolute atomic E-state index is 0.0154. The largest absolute Gasteiger partial charge is 0.507 e. The molecule has 1 heterocycles. The molecular weight excluding hydrogens is 418 g/mol. The van der Waals surface area contributed by atoms with Crippen molar-refractivity contribution in [2.75, 3.05) is 20.2 Å². The molecule has 0 aromatic heterocycles. The fourth-order valence-corrected chi connectivity index (χ4v) is 3.74. The van der Waals surface area contributed by atoms with Crippen molar-refractivity contribution in [1.82, 2.24) is 4.90 Å². The van der Waals surface area contributed by atoms with Gasteiger partial charge in [-0.2, -0.15) is 0 Å². The molecule has 1 atom stereocenters. The van der Waals surface area contributed by atoms with Gasteiger partial charge < -0.3 is 31.9 Å². The van der Waals surface area contributed by atoms with Gasteiger partial charge in [0, 0.05) is 30.8 Å². The molecule has 170 valence electrons. The molecule has 1 aliphatic rings. The average Bonchev–Trinajstić information content (AvgIpc) is 2.77. The summed E-state index contributed by atoms with van der Waals surface area (Å²) in [6, 6.07) is 12.4. The van der Waals surface area contributed by atoms with Gasteiger partial charge in [0.15, 0.2) is 0 Å². The zero-order chi connectivity index (χ0) is 23.5. The van der Waals surface area contributed by atoms with Crippen molar-refractivity contribution in [3.63, 3.8) is 0 Å². The summed E-state index contributed by atoms with van der Waals surface area (Å²) in [5.41, 5.74) is 19.4. The van der Waals surface area contributed by atoms with E-state index >= 15 is 0 Å². The number of aromatic hydroxyl groups is 1. The minimum Gasteiger partial charge on any atom is -0.507 e. The maximum absolute atomic E-state index is 14.8. The number of carbonyl (C=O) groups is 1. The number of hydrogen-bond acceptors (Lipinski definition) is 7. The van der Waals surface area contributed by atoms with Gasteiger partial charge in [0.1, 0.15) is 11.6 Å². The average molecular weight is 444 g/mol. The fourth-order valence-electron chi connectivity index (χ4n) is 3.74. The molecule has 0 saturated carbocycles. The lowest BCUT2D eigenvalue weighted by Gasteiger charge is -2.40. The Bertz CT molecular complexity index is 1050. The molecule has 0 aliphatic carbocycles. The zero-order valence-electron chi connectivity index (χ0n) is 17.6. The van der Waals surface area contributed by atoms with E-state index in [1.807, 2.05) is 0 Å². The highest BCUT2D eigenvalue weighted by Crippen LogP contribution is 2.41. The second-order valence-electron chi connectivity index (χ2n) is 7.58. The topological polar surface area (TPSA) is 128 Å². The summed E-state index contributed by atoms with van der Waals surface area (Å²) in [6.07, 6.45) is 1.06. The monoisotopic (exact) mass is 444 g/mol. The van der Waals surface area contributed by atoms with Crippen LogP contribution in [0.25, 0.3) is 5.70 Å². The van der Waals surface area contributed by atoms with Crippen LogP contribution in [0.2, 0.25) is 0 Å². The molecule has 1 fully saturated rings.